The van der Waals surface area contributed by atoms with Gasteiger partial charge in [0.15, 0.2) is 11.0 Å². The third-order valence-corrected chi connectivity index (χ3v) is 6.79. The van der Waals surface area contributed by atoms with Crippen LogP contribution in [0.4, 0.5) is 0 Å². The van der Waals surface area contributed by atoms with Crippen LogP contribution in [-0.2, 0) is 17.8 Å². The van der Waals surface area contributed by atoms with Crippen LogP contribution in [0.2, 0.25) is 0 Å². The van der Waals surface area contributed by atoms with Gasteiger partial charge in [-0.25, -0.2) is 0 Å². The number of carbonyl (C=O) groups excluding carboxylic acids is 1. The Bertz CT molecular complexity index is 949. The number of thioether (sulfide) groups is 1. The largest absolute Gasteiger partial charge is 0.349 e. The van der Waals surface area contributed by atoms with Gasteiger partial charge in [0, 0.05) is 22.4 Å². The molecule has 7 heteroatoms. The minimum Gasteiger partial charge on any atom is -0.349 e. The van der Waals surface area contributed by atoms with Gasteiger partial charge in [0.1, 0.15) is 0 Å². The Kier molecular flexibility index (Phi) is 7.50. The van der Waals surface area contributed by atoms with E-state index < -0.39 is 0 Å². The molecule has 0 aliphatic carbocycles. The van der Waals surface area contributed by atoms with Gasteiger partial charge in [0.25, 0.3) is 0 Å². The number of aryl methyl sites for hydroxylation is 1. The molecule has 154 valence electrons. The van der Waals surface area contributed by atoms with Gasteiger partial charge in [-0.15, -0.1) is 21.5 Å². The van der Waals surface area contributed by atoms with Crippen LogP contribution in [0, 0.1) is 6.92 Å². The first-order valence-electron chi connectivity index (χ1n) is 10.0. The summed E-state index contributed by atoms with van der Waals surface area (Å²) in [6.07, 6.45) is 1.96. The Morgan fingerprint density at radius 1 is 1.24 bits per heavy atom. The number of benzene rings is 1. The molecule has 1 aromatic carbocycles. The zero-order valence-electron chi connectivity index (χ0n) is 17.4. The molecule has 5 nitrogen and oxygen atoms in total. The normalized spacial score (nSPS) is 12.1. The van der Waals surface area contributed by atoms with Gasteiger partial charge in [-0.3, -0.25) is 4.79 Å². The molecule has 1 N–H and O–H groups in total. The van der Waals surface area contributed by atoms with Crippen molar-refractivity contribution in [3.05, 3.63) is 51.7 Å². The second-order valence-corrected chi connectivity index (χ2v) is 9.01. The van der Waals surface area contributed by atoms with Gasteiger partial charge >= 0.3 is 0 Å². The van der Waals surface area contributed by atoms with E-state index in [-0.39, 0.29) is 11.9 Å². The second kappa shape index (κ2) is 10.1. The summed E-state index contributed by atoms with van der Waals surface area (Å²) in [5.41, 5.74) is 3.61. The Hall–Kier alpha value is -2.12. The lowest BCUT2D eigenvalue weighted by Crippen LogP contribution is -2.28. The monoisotopic (exact) mass is 428 g/mol. The molecule has 2 heterocycles. The van der Waals surface area contributed by atoms with E-state index in [1.54, 1.807) is 11.3 Å². The van der Waals surface area contributed by atoms with Crippen LogP contribution in [0.1, 0.15) is 49.2 Å². The minimum absolute atomic E-state index is 0.000392. The summed E-state index contributed by atoms with van der Waals surface area (Å²) < 4.78 is 2.15. The first-order chi connectivity index (χ1) is 14.0. The summed E-state index contributed by atoms with van der Waals surface area (Å²) in [6.45, 7) is 9.31. The standard InChI is InChI=1S/C22H28N4OS2/c1-5-12-26-21(19-13-28-16(4)18(19)6-2)24-25-22(26)29-14-20(27)23-15(3)17-10-8-7-9-11-17/h7-11,13,15H,5-6,12,14H2,1-4H3,(H,23,27). The van der Waals surface area contributed by atoms with E-state index in [2.05, 4.69) is 46.2 Å². The fourth-order valence-corrected chi connectivity index (χ4v) is 5.08. The highest BCUT2D eigenvalue weighted by Crippen LogP contribution is 2.32. The number of aromatic nitrogens is 3. The molecule has 0 radical (unpaired) electrons. The maximum Gasteiger partial charge on any atom is 0.230 e. The predicted molar refractivity (Wildman–Crippen MR) is 121 cm³/mol. The van der Waals surface area contributed by atoms with Crippen molar-refractivity contribution in [2.75, 3.05) is 5.75 Å². The lowest BCUT2D eigenvalue weighted by atomic mass is 10.1. The zero-order chi connectivity index (χ0) is 20.8. The quantitative estimate of drug-likeness (QED) is 0.473. The molecule has 0 saturated heterocycles. The third-order valence-electron chi connectivity index (χ3n) is 4.87. The molecule has 0 aliphatic rings. The smallest absolute Gasteiger partial charge is 0.230 e. The van der Waals surface area contributed by atoms with E-state index in [1.165, 1.54) is 27.8 Å². The number of hydrogen-bond acceptors (Lipinski definition) is 5. The number of rotatable bonds is 9. The van der Waals surface area contributed by atoms with Crippen LogP contribution in [0.25, 0.3) is 11.4 Å². The van der Waals surface area contributed by atoms with Crippen molar-refractivity contribution >= 4 is 29.0 Å². The highest BCUT2D eigenvalue weighted by molar-refractivity contribution is 7.99. The molecular formula is C22H28N4OS2. The van der Waals surface area contributed by atoms with Crippen molar-refractivity contribution < 1.29 is 4.79 Å². The SMILES string of the molecule is CCCn1c(SCC(=O)NC(C)c2ccccc2)nnc1-c1csc(C)c1CC. The summed E-state index contributed by atoms with van der Waals surface area (Å²) in [7, 11) is 0. The number of nitrogens with zero attached hydrogens (tertiary/aromatic N) is 3. The second-order valence-electron chi connectivity index (χ2n) is 6.98. The fraction of sp³-hybridized carbons (Fsp3) is 0.409. The van der Waals surface area contributed by atoms with Crippen LogP contribution in [-0.4, -0.2) is 26.4 Å². The lowest BCUT2D eigenvalue weighted by molar-refractivity contribution is -0.119. The highest BCUT2D eigenvalue weighted by Gasteiger charge is 2.19. The van der Waals surface area contributed by atoms with E-state index >= 15 is 0 Å². The summed E-state index contributed by atoms with van der Waals surface area (Å²) in [6, 6.07) is 9.98. The molecule has 3 rings (SSSR count). The van der Waals surface area contributed by atoms with Crippen molar-refractivity contribution in [1.82, 2.24) is 20.1 Å². The Morgan fingerprint density at radius 2 is 2.00 bits per heavy atom. The van der Waals surface area contributed by atoms with Crippen molar-refractivity contribution in [2.24, 2.45) is 0 Å². The molecule has 0 aliphatic heterocycles. The van der Waals surface area contributed by atoms with Gasteiger partial charge in [-0.1, -0.05) is 55.9 Å². The van der Waals surface area contributed by atoms with Gasteiger partial charge in [-0.05, 0) is 37.8 Å². The fourth-order valence-electron chi connectivity index (χ4n) is 3.36. The van der Waals surface area contributed by atoms with Gasteiger partial charge < -0.3 is 9.88 Å². The zero-order valence-corrected chi connectivity index (χ0v) is 19.1. The lowest BCUT2D eigenvalue weighted by Gasteiger charge is -2.14. The Balaban J connectivity index is 1.71. The topological polar surface area (TPSA) is 59.8 Å². The predicted octanol–water partition coefficient (Wildman–Crippen LogP) is 5.26. The number of nitrogens with one attached hydrogen (secondary N) is 1. The third kappa shape index (κ3) is 5.08. The van der Waals surface area contributed by atoms with Crippen molar-refractivity contribution in [3.63, 3.8) is 0 Å². The molecule has 1 amide bonds. The number of thiophene rings is 1. The van der Waals surface area contributed by atoms with Crippen molar-refractivity contribution in [2.45, 2.75) is 58.3 Å². The van der Waals surface area contributed by atoms with E-state index in [9.17, 15) is 4.79 Å². The summed E-state index contributed by atoms with van der Waals surface area (Å²) in [5, 5.41) is 14.9. The van der Waals surface area contributed by atoms with E-state index in [1.807, 2.05) is 37.3 Å². The maximum atomic E-state index is 12.5. The van der Waals surface area contributed by atoms with Gasteiger partial charge in [-0.2, -0.15) is 0 Å². The van der Waals surface area contributed by atoms with Crippen LogP contribution < -0.4 is 5.32 Å². The highest BCUT2D eigenvalue weighted by atomic mass is 32.2. The van der Waals surface area contributed by atoms with Crippen LogP contribution >= 0.6 is 23.1 Å². The Morgan fingerprint density at radius 3 is 2.69 bits per heavy atom. The molecule has 29 heavy (non-hydrogen) atoms. The van der Waals surface area contributed by atoms with E-state index in [4.69, 9.17) is 0 Å². The van der Waals surface area contributed by atoms with Gasteiger partial charge in [0.2, 0.25) is 5.91 Å². The van der Waals surface area contributed by atoms with Gasteiger partial charge in [0.05, 0.1) is 11.8 Å². The summed E-state index contributed by atoms with van der Waals surface area (Å²) in [5.74, 6) is 1.23. The minimum atomic E-state index is -0.0192. The van der Waals surface area contributed by atoms with Crippen LogP contribution in [0.5, 0.6) is 0 Å². The molecule has 0 fully saturated rings. The molecule has 3 aromatic rings. The summed E-state index contributed by atoms with van der Waals surface area (Å²) >= 11 is 3.21. The number of amides is 1. The van der Waals surface area contributed by atoms with Crippen molar-refractivity contribution in [1.29, 1.82) is 0 Å². The average molecular weight is 429 g/mol. The molecule has 2 aromatic heterocycles. The first-order valence-corrected chi connectivity index (χ1v) is 11.9. The van der Waals surface area contributed by atoms with Crippen LogP contribution in [0.3, 0.4) is 0 Å². The average Bonchev–Trinajstić information content (AvgIpc) is 3.29. The molecule has 0 bridgehead atoms. The van der Waals surface area contributed by atoms with Crippen LogP contribution in [0.15, 0.2) is 40.9 Å². The molecule has 0 spiro atoms. The summed E-state index contributed by atoms with van der Waals surface area (Å²) in [4.78, 5) is 13.8. The van der Waals surface area contributed by atoms with E-state index in [0.717, 1.165) is 35.9 Å². The molecular weight excluding hydrogens is 400 g/mol. The molecule has 1 atom stereocenters. The maximum absolute atomic E-state index is 12.5. The first kappa shape index (κ1) is 21.6. The number of carbonyl (C=O) groups is 1. The Labute approximate surface area is 180 Å². The van der Waals surface area contributed by atoms with E-state index in [0.29, 0.717) is 5.75 Å². The van der Waals surface area contributed by atoms with Crippen molar-refractivity contribution in [3.8, 4) is 11.4 Å². The molecule has 1 unspecified atom stereocenters. The molecule has 0 saturated carbocycles. The number of hydrogen-bond donors (Lipinski definition) is 1.